The van der Waals surface area contributed by atoms with E-state index < -0.39 is 5.91 Å². The Kier molecular flexibility index (Phi) is 6.43. The maximum atomic E-state index is 12.5. The molecule has 0 unspecified atom stereocenters. The summed E-state index contributed by atoms with van der Waals surface area (Å²) in [6.07, 6.45) is 0. The smallest absolute Gasteiger partial charge is 0.290 e. The van der Waals surface area contributed by atoms with Crippen molar-refractivity contribution in [3.05, 3.63) is 40.3 Å². The predicted octanol–water partition coefficient (Wildman–Crippen LogP) is -1.33. The summed E-state index contributed by atoms with van der Waals surface area (Å²) in [5.74, 6) is -0.458. The molecule has 25 heavy (non-hydrogen) atoms. The second kappa shape index (κ2) is 8.54. The molecule has 0 bridgehead atoms. The number of likely N-dealkylation sites (N-methyl/N-ethyl adjacent to an activating group) is 1. The van der Waals surface area contributed by atoms with Gasteiger partial charge in [-0.25, -0.2) is 4.68 Å². The molecule has 0 aliphatic rings. The second-order valence-corrected chi connectivity index (χ2v) is 6.22. The number of carbonyl (C=O) groups is 1. The van der Waals surface area contributed by atoms with Gasteiger partial charge in [-0.15, -0.1) is 0 Å². The minimum atomic E-state index is -0.458. The first kappa shape index (κ1) is 18.8. The molecular formula is C16H23N6O2S+. The monoisotopic (exact) mass is 363 g/mol. The van der Waals surface area contributed by atoms with Crippen molar-refractivity contribution in [3.63, 3.8) is 0 Å². The van der Waals surface area contributed by atoms with Gasteiger partial charge in [-0.3, -0.25) is 20.4 Å². The molecule has 0 saturated heterocycles. The number of nitrogens with one attached hydrogen (secondary N) is 4. The number of carbonyl (C=O) groups excluding carboxylic acids is 1. The summed E-state index contributed by atoms with van der Waals surface area (Å²) in [7, 11) is 4.08. The van der Waals surface area contributed by atoms with E-state index in [9.17, 15) is 9.59 Å². The highest BCUT2D eigenvalue weighted by Gasteiger charge is 2.16. The fourth-order valence-electron chi connectivity index (χ4n) is 2.26. The number of aromatic nitrogens is 2. The Bertz CT molecular complexity index is 833. The quantitative estimate of drug-likeness (QED) is 0.389. The SMILES string of the molecule is CCn1nc(C(=O)NNC(=S)NCC[NH+](C)C)c2ccccc2c1=O. The lowest BCUT2D eigenvalue weighted by Crippen LogP contribution is -3.06. The first-order valence-corrected chi connectivity index (χ1v) is 8.48. The number of thiocarbonyl (C=S) groups is 1. The zero-order valence-corrected chi connectivity index (χ0v) is 15.4. The molecule has 4 N–H and O–H groups in total. The molecule has 2 rings (SSSR count). The van der Waals surface area contributed by atoms with Crippen LogP contribution in [0.25, 0.3) is 10.8 Å². The average molecular weight is 363 g/mol. The lowest BCUT2D eigenvalue weighted by Gasteiger charge is -2.13. The van der Waals surface area contributed by atoms with Gasteiger partial charge in [0.25, 0.3) is 11.5 Å². The van der Waals surface area contributed by atoms with E-state index in [0.717, 1.165) is 6.54 Å². The van der Waals surface area contributed by atoms with Crippen LogP contribution in [0.4, 0.5) is 0 Å². The van der Waals surface area contributed by atoms with Crippen LogP contribution in [-0.4, -0.2) is 48.0 Å². The zero-order chi connectivity index (χ0) is 18.4. The predicted molar refractivity (Wildman–Crippen MR) is 101 cm³/mol. The van der Waals surface area contributed by atoms with Gasteiger partial charge in [0, 0.05) is 11.9 Å². The number of fused-ring (bicyclic) bond motifs is 1. The number of rotatable bonds is 5. The number of quaternary nitrogens is 1. The zero-order valence-electron chi connectivity index (χ0n) is 14.5. The van der Waals surface area contributed by atoms with Crippen LogP contribution in [0.3, 0.4) is 0 Å². The summed E-state index contributed by atoms with van der Waals surface area (Å²) >= 11 is 5.12. The van der Waals surface area contributed by atoms with Crippen molar-refractivity contribution in [2.24, 2.45) is 0 Å². The topological polar surface area (TPSA) is 92.5 Å². The van der Waals surface area contributed by atoms with Crippen molar-refractivity contribution in [1.82, 2.24) is 25.9 Å². The summed E-state index contributed by atoms with van der Waals surface area (Å²) < 4.78 is 1.27. The first-order chi connectivity index (χ1) is 11.9. The Balaban J connectivity index is 2.13. The van der Waals surface area contributed by atoms with E-state index in [4.69, 9.17) is 12.2 Å². The number of hydrazine groups is 1. The van der Waals surface area contributed by atoms with E-state index in [1.165, 1.54) is 9.58 Å². The number of aryl methyl sites for hydroxylation is 1. The second-order valence-electron chi connectivity index (χ2n) is 5.81. The molecule has 0 saturated carbocycles. The van der Waals surface area contributed by atoms with Crippen molar-refractivity contribution < 1.29 is 9.69 Å². The Labute approximate surface area is 151 Å². The summed E-state index contributed by atoms with van der Waals surface area (Å²) in [6, 6.07) is 6.91. The molecule has 134 valence electrons. The molecule has 1 aromatic heterocycles. The van der Waals surface area contributed by atoms with Crippen molar-refractivity contribution in [1.29, 1.82) is 0 Å². The van der Waals surface area contributed by atoms with Crippen molar-refractivity contribution in [2.45, 2.75) is 13.5 Å². The highest BCUT2D eigenvalue weighted by atomic mass is 32.1. The van der Waals surface area contributed by atoms with Gasteiger partial charge in [0.15, 0.2) is 10.8 Å². The molecule has 0 spiro atoms. The molecule has 0 atom stereocenters. The number of amides is 1. The number of benzene rings is 1. The molecule has 9 heteroatoms. The first-order valence-electron chi connectivity index (χ1n) is 8.07. The van der Waals surface area contributed by atoms with Crippen LogP contribution in [0.5, 0.6) is 0 Å². The van der Waals surface area contributed by atoms with E-state index in [1.807, 2.05) is 14.1 Å². The highest BCUT2D eigenvalue weighted by Crippen LogP contribution is 2.12. The van der Waals surface area contributed by atoms with Crippen LogP contribution in [0.15, 0.2) is 29.1 Å². The van der Waals surface area contributed by atoms with E-state index >= 15 is 0 Å². The van der Waals surface area contributed by atoms with Gasteiger partial charge >= 0.3 is 0 Å². The van der Waals surface area contributed by atoms with Crippen LogP contribution < -0.4 is 26.6 Å². The Morgan fingerprint density at radius 1 is 1.24 bits per heavy atom. The van der Waals surface area contributed by atoms with Crippen LogP contribution in [0.1, 0.15) is 17.4 Å². The van der Waals surface area contributed by atoms with E-state index in [0.29, 0.717) is 29.0 Å². The molecular weight excluding hydrogens is 340 g/mol. The molecule has 0 aliphatic heterocycles. The third-order valence-electron chi connectivity index (χ3n) is 3.58. The normalized spacial score (nSPS) is 10.7. The van der Waals surface area contributed by atoms with E-state index in [-0.39, 0.29) is 11.3 Å². The van der Waals surface area contributed by atoms with Gasteiger partial charge in [-0.1, -0.05) is 18.2 Å². The van der Waals surface area contributed by atoms with Crippen LogP contribution in [0, 0.1) is 0 Å². The van der Waals surface area contributed by atoms with Crippen molar-refractivity contribution in [3.8, 4) is 0 Å². The third-order valence-corrected chi connectivity index (χ3v) is 3.83. The van der Waals surface area contributed by atoms with E-state index in [2.05, 4.69) is 21.3 Å². The fraction of sp³-hybridized carbons (Fsp3) is 0.375. The van der Waals surface area contributed by atoms with Crippen LogP contribution in [0.2, 0.25) is 0 Å². The maximum absolute atomic E-state index is 12.5. The van der Waals surface area contributed by atoms with Gasteiger partial charge in [0.2, 0.25) is 0 Å². The lowest BCUT2D eigenvalue weighted by atomic mass is 10.1. The van der Waals surface area contributed by atoms with Gasteiger partial charge in [0.05, 0.1) is 32.6 Å². The van der Waals surface area contributed by atoms with Crippen LogP contribution >= 0.6 is 12.2 Å². The van der Waals surface area contributed by atoms with Gasteiger partial charge in [0.1, 0.15) is 0 Å². The molecule has 0 fully saturated rings. The number of nitrogens with zero attached hydrogens (tertiary/aromatic N) is 2. The van der Waals surface area contributed by atoms with Crippen molar-refractivity contribution in [2.75, 3.05) is 27.2 Å². The lowest BCUT2D eigenvalue weighted by molar-refractivity contribution is -0.856. The van der Waals surface area contributed by atoms with Gasteiger partial charge < -0.3 is 10.2 Å². The highest BCUT2D eigenvalue weighted by molar-refractivity contribution is 7.80. The largest absolute Gasteiger partial charge is 0.356 e. The van der Waals surface area contributed by atoms with Gasteiger partial charge in [-0.05, 0) is 25.2 Å². The Morgan fingerprint density at radius 3 is 2.56 bits per heavy atom. The molecule has 0 aliphatic carbocycles. The molecule has 1 aromatic carbocycles. The Hall–Kier alpha value is -2.52. The standard InChI is InChI=1S/C16H22N6O2S/c1-4-22-15(24)12-8-6-5-7-11(12)13(20-22)14(23)18-19-16(25)17-9-10-21(2)3/h5-8H,4,9-10H2,1-3H3,(H,18,23)(H2,17,19,25)/p+1. The summed E-state index contributed by atoms with van der Waals surface area (Å²) in [5.41, 5.74) is 5.13. The fourth-order valence-corrected chi connectivity index (χ4v) is 2.41. The molecule has 1 heterocycles. The number of hydrogen-bond acceptors (Lipinski definition) is 4. The summed E-state index contributed by atoms with van der Waals surface area (Å²) in [6.45, 7) is 3.76. The molecule has 2 aromatic rings. The van der Waals surface area contributed by atoms with E-state index in [1.54, 1.807) is 31.2 Å². The molecule has 1 amide bonds. The minimum absolute atomic E-state index is 0.171. The Morgan fingerprint density at radius 2 is 1.92 bits per heavy atom. The van der Waals surface area contributed by atoms with Gasteiger partial charge in [-0.2, -0.15) is 5.10 Å². The number of hydrogen-bond donors (Lipinski definition) is 4. The third kappa shape index (κ3) is 4.74. The van der Waals surface area contributed by atoms with Crippen LogP contribution in [-0.2, 0) is 6.54 Å². The van der Waals surface area contributed by atoms with Crippen molar-refractivity contribution >= 4 is 34.0 Å². The molecule has 8 nitrogen and oxygen atoms in total. The summed E-state index contributed by atoms with van der Waals surface area (Å²) in [5, 5.41) is 8.45. The minimum Gasteiger partial charge on any atom is -0.356 e. The maximum Gasteiger partial charge on any atom is 0.290 e. The summed E-state index contributed by atoms with van der Waals surface area (Å²) in [4.78, 5) is 26.1. The molecule has 0 radical (unpaired) electrons. The average Bonchev–Trinajstić information content (AvgIpc) is 2.60.